The van der Waals surface area contributed by atoms with E-state index < -0.39 is 29.7 Å². The second-order valence-electron chi connectivity index (χ2n) is 1.92. The van der Waals surface area contributed by atoms with Crippen LogP contribution in [0.5, 0.6) is 0 Å². The number of aromatic amines is 1. The number of nitrogens with one attached hydrogen (secondary N) is 1. The van der Waals surface area contributed by atoms with E-state index in [1.165, 1.54) is 0 Å². The van der Waals surface area contributed by atoms with Gasteiger partial charge in [0.2, 0.25) is 5.69 Å². The van der Waals surface area contributed by atoms with Crippen LogP contribution in [0.3, 0.4) is 0 Å². The molecule has 0 aliphatic rings. The van der Waals surface area contributed by atoms with Crippen LogP contribution in [0.4, 0.5) is 11.5 Å². The zero-order valence-electron chi connectivity index (χ0n) is 8.70. The average Bonchev–Trinajstić information content (AvgIpc) is 2.00. The third-order valence-electron chi connectivity index (χ3n) is 1.20. The molecule has 7 heteroatoms. The first-order valence-corrected chi connectivity index (χ1v) is 2.77. The number of nitrogen functional groups attached to an aromatic ring is 1. The lowest BCUT2D eigenvalue weighted by Crippen LogP contribution is -2.33. The van der Waals surface area contributed by atoms with Gasteiger partial charge in [0.1, 0.15) is 5.82 Å². The Morgan fingerprint density at radius 1 is 1.67 bits per heavy atom. The van der Waals surface area contributed by atoms with Crippen molar-refractivity contribution in [1.29, 1.82) is 0 Å². The van der Waals surface area contributed by atoms with E-state index >= 15 is 0 Å². The number of H-pyrrole nitrogens is 1. The minimum absolute atomic E-state index is 0.0971. The van der Waals surface area contributed by atoms with Crippen molar-refractivity contribution in [3.05, 3.63) is 25.7 Å². The molecule has 0 atom stereocenters. The number of rotatable bonds is 1. The van der Waals surface area contributed by atoms with Gasteiger partial charge in [-0.2, -0.15) is 0 Å². The molecule has 0 bridgehead atoms. The number of anilines is 1. The Bertz CT molecular complexity index is 514. The van der Waals surface area contributed by atoms with Crippen LogP contribution >= 0.6 is 0 Å². The van der Waals surface area contributed by atoms with Crippen molar-refractivity contribution in [2.75, 3.05) is 5.73 Å². The molecule has 0 radical (unpaired) electrons. The van der Waals surface area contributed by atoms with Crippen LogP contribution in [0, 0.1) is 4.91 Å². The van der Waals surface area contributed by atoms with Crippen LogP contribution < -0.4 is 17.0 Å². The first-order chi connectivity index (χ1) is 6.79. The highest BCUT2D eigenvalue weighted by atomic mass is 16.3. The van der Waals surface area contributed by atoms with Gasteiger partial charge >= 0.3 is 5.69 Å². The molecule has 0 fully saturated rings. The Balaban J connectivity index is 3.77. The predicted molar refractivity (Wildman–Crippen MR) is 42.2 cm³/mol. The molecule has 0 saturated heterocycles. The van der Waals surface area contributed by atoms with E-state index in [2.05, 4.69) is 5.18 Å². The summed E-state index contributed by atoms with van der Waals surface area (Å²) in [6, 6.07) is 0. The van der Waals surface area contributed by atoms with Crippen LogP contribution in [0.1, 0.15) is 4.11 Å². The Hall–Kier alpha value is -1.92. The number of nitroso groups, excluding NO2 is 1. The van der Waals surface area contributed by atoms with Gasteiger partial charge in [0.25, 0.3) is 5.56 Å². The minimum Gasteiger partial charge on any atom is -0.383 e. The molecule has 1 aromatic heterocycles. The second-order valence-corrected chi connectivity index (χ2v) is 1.92. The van der Waals surface area contributed by atoms with Gasteiger partial charge in [-0.25, -0.2) is 4.79 Å². The van der Waals surface area contributed by atoms with Crippen LogP contribution in [-0.4, -0.2) is 9.55 Å². The van der Waals surface area contributed by atoms with Crippen molar-refractivity contribution in [1.82, 2.24) is 9.55 Å². The van der Waals surface area contributed by atoms with E-state index in [1.54, 1.807) is 0 Å². The second kappa shape index (κ2) is 2.61. The van der Waals surface area contributed by atoms with Gasteiger partial charge in [-0.1, -0.05) is 0 Å². The van der Waals surface area contributed by atoms with Gasteiger partial charge in [0.05, 0.1) is 0 Å². The zero-order valence-corrected chi connectivity index (χ0v) is 5.70. The summed E-state index contributed by atoms with van der Waals surface area (Å²) in [5, 5.41) is 2.26. The van der Waals surface area contributed by atoms with Crippen molar-refractivity contribution in [2.45, 2.75) is 0 Å². The molecule has 12 heavy (non-hydrogen) atoms. The predicted octanol–water partition coefficient (Wildman–Crippen LogP) is -0.946. The molecule has 64 valence electrons. The maximum atomic E-state index is 11.3. The number of aromatic nitrogens is 2. The average molecular weight is 173 g/mol. The fourth-order valence-corrected chi connectivity index (χ4v) is 0.632. The highest BCUT2D eigenvalue weighted by Gasteiger charge is 2.08. The lowest BCUT2D eigenvalue weighted by atomic mass is 10.5. The lowest BCUT2D eigenvalue weighted by molar-refractivity contribution is 0.780. The van der Waals surface area contributed by atoms with Crippen LogP contribution in [0.15, 0.2) is 14.8 Å². The fourth-order valence-electron chi connectivity index (χ4n) is 0.632. The highest BCUT2D eigenvalue weighted by molar-refractivity contribution is 5.54. The molecule has 1 heterocycles. The van der Waals surface area contributed by atoms with Gasteiger partial charge in [0.15, 0.2) is 0 Å². The van der Waals surface area contributed by atoms with Crippen molar-refractivity contribution < 1.29 is 4.11 Å². The zero-order chi connectivity index (χ0) is 11.8. The Morgan fingerprint density at radius 2 is 2.33 bits per heavy atom. The molecule has 3 N–H and O–H groups in total. The van der Waals surface area contributed by atoms with Gasteiger partial charge < -0.3 is 5.73 Å². The van der Waals surface area contributed by atoms with Gasteiger partial charge in [-0.3, -0.25) is 14.3 Å². The van der Waals surface area contributed by atoms with Crippen molar-refractivity contribution in [2.24, 2.45) is 12.2 Å². The SMILES string of the molecule is [2H]C([2H])([2H])n1c(=O)[nH]c(N)c(N=O)c1=O. The lowest BCUT2D eigenvalue weighted by Gasteiger charge is -1.98. The van der Waals surface area contributed by atoms with Gasteiger partial charge in [-0.15, -0.1) is 4.91 Å². The molecule has 1 aromatic rings. The normalized spacial score (nSPS) is 14.5. The number of hydrogen-bond donors (Lipinski definition) is 2. The molecule has 0 aromatic carbocycles. The maximum Gasteiger partial charge on any atom is 0.329 e. The summed E-state index contributed by atoms with van der Waals surface area (Å²) in [6.45, 7) is -2.99. The first-order valence-electron chi connectivity index (χ1n) is 4.27. The number of hydrogen-bond acceptors (Lipinski definition) is 5. The Labute approximate surface area is 70.0 Å². The van der Waals surface area contributed by atoms with Crippen molar-refractivity contribution >= 4 is 11.5 Å². The minimum atomic E-state index is -2.99. The summed E-state index contributed by atoms with van der Waals surface area (Å²) in [5.74, 6) is -0.555. The van der Waals surface area contributed by atoms with Crippen LogP contribution in [-0.2, 0) is 6.98 Å². The van der Waals surface area contributed by atoms with E-state index in [0.29, 0.717) is 0 Å². The van der Waals surface area contributed by atoms with Crippen molar-refractivity contribution in [3.8, 4) is 0 Å². The Morgan fingerprint density at radius 3 is 2.83 bits per heavy atom. The third-order valence-corrected chi connectivity index (χ3v) is 1.20. The van der Waals surface area contributed by atoms with E-state index in [1.807, 2.05) is 4.98 Å². The molecule has 7 nitrogen and oxygen atoms in total. The third kappa shape index (κ3) is 1.00. The molecule has 0 amide bonds. The molecule has 0 unspecified atom stereocenters. The maximum absolute atomic E-state index is 11.3. The summed E-state index contributed by atoms with van der Waals surface area (Å²) in [4.78, 5) is 34.4. The smallest absolute Gasteiger partial charge is 0.329 e. The number of nitrogens with two attached hydrogens (primary N) is 1. The van der Waals surface area contributed by atoms with E-state index in [0.717, 1.165) is 0 Å². The van der Waals surface area contributed by atoms with Crippen molar-refractivity contribution in [3.63, 3.8) is 0 Å². The van der Waals surface area contributed by atoms with Gasteiger partial charge in [-0.05, 0) is 5.18 Å². The molecule has 0 spiro atoms. The molecule has 1 rings (SSSR count). The van der Waals surface area contributed by atoms with E-state index in [9.17, 15) is 14.5 Å². The summed E-state index contributed by atoms with van der Waals surface area (Å²) in [6.07, 6.45) is 0. The fraction of sp³-hybridized carbons (Fsp3) is 0.200. The molecular formula is C5H6N4O3. The molecule has 0 aliphatic heterocycles. The summed E-state index contributed by atoms with van der Waals surface area (Å²) in [5.41, 5.74) is 1.71. The topological polar surface area (TPSA) is 110 Å². The monoisotopic (exact) mass is 173 g/mol. The van der Waals surface area contributed by atoms with E-state index in [4.69, 9.17) is 9.85 Å². The quantitative estimate of drug-likeness (QED) is 0.533. The molecule has 0 aliphatic carbocycles. The van der Waals surface area contributed by atoms with Gasteiger partial charge in [0, 0.05) is 11.1 Å². The summed E-state index contributed by atoms with van der Waals surface area (Å²) in [7, 11) is 0. The Kier molecular flexibility index (Phi) is 1.06. The first kappa shape index (κ1) is 4.86. The number of nitrogens with zero attached hydrogens (tertiary/aromatic N) is 2. The van der Waals surface area contributed by atoms with E-state index in [-0.39, 0.29) is 4.57 Å². The largest absolute Gasteiger partial charge is 0.383 e. The summed E-state index contributed by atoms with van der Waals surface area (Å²) < 4.78 is 20.6. The molecule has 0 saturated carbocycles. The van der Waals surface area contributed by atoms with Crippen LogP contribution in [0.2, 0.25) is 0 Å². The highest BCUT2D eigenvalue weighted by Crippen LogP contribution is 2.08. The summed E-state index contributed by atoms with van der Waals surface area (Å²) >= 11 is 0. The molecular weight excluding hydrogens is 164 g/mol. The standard InChI is InChI=1S/C5H6N4O3/c1-9-4(10)2(8-12)3(6)7-5(9)11/h6H2,1H3,(H,7,11)/i1D3. The van der Waals surface area contributed by atoms with Crippen LogP contribution in [0.25, 0.3) is 0 Å².